The fraction of sp³-hybridized carbons (Fsp3) is 0.263. The molecule has 0 aromatic heterocycles. The van der Waals surface area contributed by atoms with E-state index in [-0.39, 0.29) is 24.2 Å². The first-order valence-corrected chi connectivity index (χ1v) is 8.26. The van der Waals surface area contributed by atoms with Crippen molar-refractivity contribution in [2.45, 2.75) is 20.3 Å². The number of anilines is 2. The second-order valence-corrected chi connectivity index (χ2v) is 6.61. The summed E-state index contributed by atoms with van der Waals surface area (Å²) in [5.41, 5.74) is 3.79. The lowest BCUT2D eigenvalue weighted by Gasteiger charge is -2.17. The molecule has 1 aliphatic rings. The molecular formula is C19H19ClN2O2. The van der Waals surface area contributed by atoms with Crippen LogP contribution in [0.4, 0.5) is 11.4 Å². The van der Waals surface area contributed by atoms with Gasteiger partial charge in [-0.15, -0.1) is 0 Å². The highest BCUT2D eigenvalue weighted by Gasteiger charge is 2.35. The van der Waals surface area contributed by atoms with Crippen molar-refractivity contribution in [3.63, 3.8) is 0 Å². The lowest BCUT2D eigenvalue weighted by molar-refractivity contribution is -0.122. The van der Waals surface area contributed by atoms with Gasteiger partial charge in [0.2, 0.25) is 11.8 Å². The molecule has 2 amide bonds. The molecule has 4 nitrogen and oxygen atoms in total. The van der Waals surface area contributed by atoms with Crippen molar-refractivity contribution in [1.29, 1.82) is 0 Å². The number of rotatable bonds is 3. The number of nitrogens with one attached hydrogen (secondary N) is 1. The zero-order chi connectivity index (χ0) is 17.3. The molecule has 0 radical (unpaired) electrons. The first-order chi connectivity index (χ1) is 11.4. The van der Waals surface area contributed by atoms with E-state index in [1.165, 1.54) is 5.56 Å². The van der Waals surface area contributed by atoms with Gasteiger partial charge in [-0.1, -0.05) is 23.7 Å². The Morgan fingerprint density at radius 1 is 1.17 bits per heavy atom. The third-order valence-corrected chi connectivity index (χ3v) is 4.63. The molecule has 2 aromatic rings. The Hall–Kier alpha value is -2.33. The van der Waals surface area contributed by atoms with Crippen LogP contribution < -0.4 is 10.2 Å². The Bertz CT molecular complexity index is 804. The molecule has 1 saturated heterocycles. The summed E-state index contributed by atoms with van der Waals surface area (Å²) in [7, 11) is 0. The summed E-state index contributed by atoms with van der Waals surface area (Å²) in [6, 6.07) is 12.9. The molecule has 1 aliphatic heterocycles. The smallest absolute Gasteiger partial charge is 0.229 e. The maximum Gasteiger partial charge on any atom is 0.229 e. The minimum Gasteiger partial charge on any atom is -0.326 e. The van der Waals surface area contributed by atoms with Gasteiger partial charge in [0, 0.05) is 29.4 Å². The van der Waals surface area contributed by atoms with Crippen LogP contribution in [0.25, 0.3) is 0 Å². The van der Waals surface area contributed by atoms with Gasteiger partial charge in [0.1, 0.15) is 0 Å². The van der Waals surface area contributed by atoms with E-state index < -0.39 is 0 Å². The van der Waals surface area contributed by atoms with Gasteiger partial charge in [-0.3, -0.25) is 9.59 Å². The molecule has 1 fully saturated rings. The zero-order valence-electron chi connectivity index (χ0n) is 13.7. The highest BCUT2D eigenvalue weighted by atomic mass is 35.5. The molecular weight excluding hydrogens is 324 g/mol. The quantitative estimate of drug-likeness (QED) is 0.918. The van der Waals surface area contributed by atoms with E-state index in [1.54, 1.807) is 23.1 Å². The standard InChI is InChI=1S/C19H19ClN2O2/c1-12-6-7-16(8-13(12)2)21-19(24)14-9-18(23)22(11-14)17-5-3-4-15(20)10-17/h3-8,10,14H,9,11H2,1-2H3,(H,21,24). The molecule has 0 spiro atoms. The Kier molecular flexibility index (Phi) is 4.58. The van der Waals surface area contributed by atoms with Crippen molar-refractivity contribution in [2.75, 3.05) is 16.8 Å². The Balaban J connectivity index is 1.70. The van der Waals surface area contributed by atoms with Crippen LogP contribution in [-0.4, -0.2) is 18.4 Å². The minimum absolute atomic E-state index is 0.0579. The number of benzene rings is 2. The van der Waals surface area contributed by atoms with Crippen LogP contribution in [0.1, 0.15) is 17.5 Å². The SMILES string of the molecule is Cc1ccc(NC(=O)C2CC(=O)N(c3cccc(Cl)c3)C2)cc1C. The van der Waals surface area contributed by atoms with Gasteiger partial charge in [0.25, 0.3) is 0 Å². The number of carbonyl (C=O) groups is 2. The Labute approximate surface area is 146 Å². The largest absolute Gasteiger partial charge is 0.326 e. The molecule has 1 heterocycles. The topological polar surface area (TPSA) is 49.4 Å². The highest BCUT2D eigenvalue weighted by molar-refractivity contribution is 6.31. The molecule has 5 heteroatoms. The lowest BCUT2D eigenvalue weighted by atomic mass is 10.1. The van der Waals surface area contributed by atoms with Gasteiger partial charge in [0.05, 0.1) is 5.92 Å². The lowest BCUT2D eigenvalue weighted by Crippen LogP contribution is -2.28. The van der Waals surface area contributed by atoms with Crippen LogP contribution in [-0.2, 0) is 9.59 Å². The maximum atomic E-state index is 12.5. The molecule has 1 atom stereocenters. The van der Waals surface area contributed by atoms with Crippen molar-refractivity contribution in [3.8, 4) is 0 Å². The van der Waals surface area contributed by atoms with E-state index in [0.29, 0.717) is 11.6 Å². The predicted molar refractivity (Wildman–Crippen MR) is 96.5 cm³/mol. The average molecular weight is 343 g/mol. The maximum absolute atomic E-state index is 12.5. The van der Waals surface area contributed by atoms with Gasteiger partial charge in [-0.2, -0.15) is 0 Å². The summed E-state index contributed by atoms with van der Waals surface area (Å²) in [4.78, 5) is 26.4. The number of hydrogen-bond donors (Lipinski definition) is 1. The van der Waals surface area contributed by atoms with E-state index >= 15 is 0 Å². The summed E-state index contributed by atoms with van der Waals surface area (Å²) < 4.78 is 0. The fourth-order valence-corrected chi connectivity index (χ4v) is 3.02. The van der Waals surface area contributed by atoms with E-state index in [9.17, 15) is 9.59 Å². The number of amides is 2. The predicted octanol–water partition coefficient (Wildman–Crippen LogP) is 3.95. The number of hydrogen-bond acceptors (Lipinski definition) is 2. The molecule has 0 saturated carbocycles. The molecule has 124 valence electrons. The zero-order valence-corrected chi connectivity index (χ0v) is 14.4. The van der Waals surface area contributed by atoms with Crippen LogP contribution in [0.15, 0.2) is 42.5 Å². The van der Waals surface area contributed by atoms with Gasteiger partial charge < -0.3 is 10.2 Å². The number of aryl methyl sites for hydroxylation is 2. The Morgan fingerprint density at radius 2 is 1.96 bits per heavy atom. The first kappa shape index (κ1) is 16.5. The van der Waals surface area contributed by atoms with Crippen LogP contribution >= 0.6 is 11.6 Å². The summed E-state index contributed by atoms with van der Waals surface area (Å²) in [5, 5.41) is 3.48. The van der Waals surface area contributed by atoms with Crippen molar-refractivity contribution in [2.24, 2.45) is 5.92 Å². The van der Waals surface area contributed by atoms with Crippen molar-refractivity contribution in [3.05, 3.63) is 58.6 Å². The number of halogens is 1. The molecule has 2 aromatic carbocycles. The average Bonchev–Trinajstić information content (AvgIpc) is 2.93. The van der Waals surface area contributed by atoms with Crippen molar-refractivity contribution in [1.82, 2.24) is 0 Å². The third kappa shape index (κ3) is 3.44. The first-order valence-electron chi connectivity index (χ1n) is 7.88. The molecule has 3 rings (SSSR count). The van der Waals surface area contributed by atoms with E-state index in [1.807, 2.05) is 38.1 Å². The van der Waals surface area contributed by atoms with Crippen molar-refractivity contribution < 1.29 is 9.59 Å². The van der Waals surface area contributed by atoms with Crippen LogP contribution in [0.5, 0.6) is 0 Å². The van der Waals surface area contributed by atoms with Gasteiger partial charge >= 0.3 is 0 Å². The monoisotopic (exact) mass is 342 g/mol. The third-order valence-electron chi connectivity index (χ3n) is 4.39. The minimum atomic E-state index is -0.363. The summed E-state index contributed by atoms with van der Waals surface area (Å²) in [5.74, 6) is -0.549. The van der Waals surface area contributed by atoms with Crippen molar-refractivity contribution >= 4 is 34.8 Å². The van der Waals surface area contributed by atoms with Gasteiger partial charge in [-0.25, -0.2) is 0 Å². The summed E-state index contributed by atoms with van der Waals surface area (Å²) >= 11 is 5.99. The molecule has 24 heavy (non-hydrogen) atoms. The molecule has 0 aliphatic carbocycles. The highest BCUT2D eigenvalue weighted by Crippen LogP contribution is 2.28. The Morgan fingerprint density at radius 3 is 2.67 bits per heavy atom. The second-order valence-electron chi connectivity index (χ2n) is 6.17. The van der Waals surface area contributed by atoms with Crippen LogP contribution in [0.2, 0.25) is 5.02 Å². The van der Waals surface area contributed by atoms with E-state index in [2.05, 4.69) is 5.32 Å². The van der Waals surface area contributed by atoms with Gasteiger partial charge in [0.15, 0.2) is 0 Å². The molecule has 1 unspecified atom stereocenters. The summed E-state index contributed by atoms with van der Waals surface area (Å²) in [6.45, 7) is 4.40. The number of carbonyl (C=O) groups excluding carboxylic acids is 2. The van der Waals surface area contributed by atoms with Gasteiger partial charge in [-0.05, 0) is 55.3 Å². The fourth-order valence-electron chi connectivity index (χ4n) is 2.84. The van der Waals surface area contributed by atoms with E-state index in [0.717, 1.165) is 16.9 Å². The van der Waals surface area contributed by atoms with Crippen LogP contribution in [0.3, 0.4) is 0 Å². The number of nitrogens with zero attached hydrogens (tertiary/aromatic N) is 1. The van der Waals surface area contributed by atoms with E-state index in [4.69, 9.17) is 11.6 Å². The molecule has 0 bridgehead atoms. The second kappa shape index (κ2) is 6.65. The molecule has 1 N–H and O–H groups in total. The summed E-state index contributed by atoms with van der Waals surface area (Å²) in [6.07, 6.45) is 0.211. The van der Waals surface area contributed by atoms with Crippen LogP contribution in [0, 0.1) is 19.8 Å². The normalized spacial score (nSPS) is 17.2.